The molecule has 60 valence electrons. The molecule has 1 aliphatic rings. The predicted octanol–water partition coefficient (Wildman–Crippen LogP) is 1.05. The van der Waals surface area contributed by atoms with Gasteiger partial charge in [-0.05, 0) is 22.6 Å². The molecule has 2 N–H and O–H groups in total. The standard InChI is InChI=1S/C8H6N2OS/c9-7-4-12(5-11)8-6(7)2-1-3-10-8/h1-4H,9H2. The lowest BCUT2D eigenvalue weighted by Crippen LogP contribution is -1.93. The molecule has 0 fully saturated rings. The van der Waals surface area contributed by atoms with E-state index in [-0.39, 0.29) is 0 Å². The Morgan fingerprint density at radius 3 is 3.17 bits per heavy atom. The molecule has 1 aliphatic heterocycles. The fraction of sp³-hybridized carbons (Fsp3) is 0. The van der Waals surface area contributed by atoms with Crippen molar-refractivity contribution in [1.82, 2.24) is 4.98 Å². The second-order valence-corrected chi connectivity index (χ2v) is 3.82. The van der Waals surface area contributed by atoms with Crippen molar-refractivity contribution < 1.29 is 4.79 Å². The topological polar surface area (TPSA) is 56.0 Å². The summed E-state index contributed by atoms with van der Waals surface area (Å²) >= 11 is 0. The van der Waals surface area contributed by atoms with Crippen molar-refractivity contribution in [2.75, 3.05) is 0 Å². The van der Waals surface area contributed by atoms with Crippen molar-refractivity contribution in [2.45, 2.75) is 5.03 Å². The van der Waals surface area contributed by atoms with Gasteiger partial charge in [-0.3, -0.25) is 0 Å². The average Bonchev–Trinajstić information content (AvgIpc) is 2.44. The summed E-state index contributed by atoms with van der Waals surface area (Å²) in [6.45, 7) is 0. The van der Waals surface area contributed by atoms with E-state index in [0.717, 1.165) is 10.6 Å². The lowest BCUT2D eigenvalue weighted by molar-refractivity contribution is 0.572. The molecule has 1 aromatic rings. The van der Waals surface area contributed by atoms with E-state index in [1.165, 1.54) is 0 Å². The van der Waals surface area contributed by atoms with Gasteiger partial charge in [0.15, 0.2) is 5.23 Å². The summed E-state index contributed by atoms with van der Waals surface area (Å²) in [4.78, 5) is 14.5. The van der Waals surface area contributed by atoms with Crippen LogP contribution in [0.5, 0.6) is 0 Å². The molecule has 1 aromatic heterocycles. The van der Waals surface area contributed by atoms with Crippen molar-refractivity contribution in [3.63, 3.8) is 0 Å². The van der Waals surface area contributed by atoms with Crippen LogP contribution in [0.2, 0.25) is 0 Å². The van der Waals surface area contributed by atoms with Crippen LogP contribution < -0.4 is 5.73 Å². The van der Waals surface area contributed by atoms with Crippen molar-refractivity contribution in [1.29, 1.82) is 0 Å². The third-order valence-electron chi connectivity index (χ3n) is 1.63. The molecule has 0 aliphatic carbocycles. The molecule has 3 nitrogen and oxygen atoms in total. The highest BCUT2D eigenvalue weighted by atomic mass is 32.2. The number of aromatic nitrogens is 1. The maximum absolute atomic E-state index is 10.5. The summed E-state index contributed by atoms with van der Waals surface area (Å²) in [6, 6.07) is 3.66. The molecule has 0 radical (unpaired) electrons. The van der Waals surface area contributed by atoms with Gasteiger partial charge in [-0.1, -0.05) is 0 Å². The highest BCUT2D eigenvalue weighted by molar-refractivity contribution is 8.17. The van der Waals surface area contributed by atoms with E-state index in [0.29, 0.717) is 5.70 Å². The number of nitrogens with zero attached hydrogens (tertiary/aromatic N) is 1. The first-order valence-corrected chi connectivity index (χ1v) is 4.65. The monoisotopic (exact) mass is 178 g/mol. The van der Waals surface area contributed by atoms with Crippen LogP contribution in [0.25, 0.3) is 5.70 Å². The number of hydrogen-bond donors (Lipinski definition) is 1. The zero-order valence-corrected chi connectivity index (χ0v) is 6.97. The van der Waals surface area contributed by atoms with Crippen molar-refractivity contribution in [2.24, 2.45) is 5.73 Å². The van der Waals surface area contributed by atoms with Gasteiger partial charge in [0, 0.05) is 22.9 Å². The third kappa shape index (κ3) is 0.897. The number of carbonyl (C=O) groups excluding carboxylic acids is 1. The Kier molecular flexibility index (Phi) is 1.57. The van der Waals surface area contributed by atoms with E-state index in [2.05, 4.69) is 4.98 Å². The largest absolute Gasteiger partial charge is 0.398 e. The smallest absolute Gasteiger partial charge is 0.166 e. The lowest BCUT2D eigenvalue weighted by Gasteiger charge is -1.96. The summed E-state index contributed by atoms with van der Waals surface area (Å²) in [6.07, 6.45) is 1.66. The van der Waals surface area contributed by atoms with Crippen LogP contribution in [0.15, 0.2) is 28.8 Å². The van der Waals surface area contributed by atoms with E-state index >= 15 is 0 Å². The number of nitrogens with two attached hydrogens (primary N) is 1. The summed E-state index contributed by atoms with van der Waals surface area (Å²) < 4.78 is 0. The number of fused-ring (bicyclic) bond motifs is 1. The van der Waals surface area contributed by atoms with Gasteiger partial charge in [0.05, 0.1) is 0 Å². The van der Waals surface area contributed by atoms with Gasteiger partial charge in [0.1, 0.15) is 5.03 Å². The van der Waals surface area contributed by atoms with E-state index in [1.807, 2.05) is 11.3 Å². The molecule has 0 amide bonds. The van der Waals surface area contributed by atoms with Crippen molar-refractivity contribution in [3.05, 3.63) is 29.3 Å². The maximum atomic E-state index is 10.5. The summed E-state index contributed by atoms with van der Waals surface area (Å²) in [5.74, 6) is 0. The molecule has 1 atom stereocenters. The average molecular weight is 178 g/mol. The van der Waals surface area contributed by atoms with Crippen molar-refractivity contribution in [3.8, 4) is 0 Å². The van der Waals surface area contributed by atoms with Gasteiger partial charge in [0.25, 0.3) is 0 Å². The lowest BCUT2D eigenvalue weighted by atomic mass is 10.2. The summed E-state index contributed by atoms with van der Waals surface area (Å²) in [5, 5.41) is 4.35. The first kappa shape index (κ1) is 7.28. The Morgan fingerprint density at radius 2 is 2.42 bits per heavy atom. The van der Waals surface area contributed by atoms with E-state index in [4.69, 9.17) is 5.73 Å². The molecule has 0 aromatic carbocycles. The molecule has 12 heavy (non-hydrogen) atoms. The molecule has 2 rings (SSSR count). The minimum Gasteiger partial charge on any atom is -0.398 e. The third-order valence-corrected chi connectivity index (χ3v) is 3.04. The minimum atomic E-state index is -0.643. The van der Waals surface area contributed by atoms with Crippen LogP contribution in [0.4, 0.5) is 0 Å². The predicted molar refractivity (Wildman–Crippen MR) is 48.0 cm³/mol. The molecule has 0 saturated carbocycles. The van der Waals surface area contributed by atoms with Crippen LogP contribution in [0, 0.1) is 0 Å². The van der Waals surface area contributed by atoms with Crippen LogP contribution in [0.1, 0.15) is 5.56 Å². The van der Waals surface area contributed by atoms with Gasteiger partial charge < -0.3 is 5.73 Å². The summed E-state index contributed by atoms with van der Waals surface area (Å²) in [7, 11) is -0.643. The minimum absolute atomic E-state index is 0.629. The maximum Gasteiger partial charge on any atom is 0.166 e. The van der Waals surface area contributed by atoms with Crippen molar-refractivity contribution >= 4 is 21.4 Å². The molecule has 2 heterocycles. The molecule has 0 saturated heterocycles. The zero-order valence-electron chi connectivity index (χ0n) is 6.15. The highest BCUT2D eigenvalue weighted by Gasteiger charge is 2.16. The quantitative estimate of drug-likeness (QED) is 0.604. The van der Waals surface area contributed by atoms with Gasteiger partial charge in [-0.15, -0.1) is 0 Å². The van der Waals surface area contributed by atoms with Crippen LogP contribution in [-0.2, 0) is 4.79 Å². The molecule has 0 bridgehead atoms. The molecular formula is C8H6N2OS. The fourth-order valence-electron chi connectivity index (χ4n) is 1.10. The molecule has 1 unspecified atom stereocenters. The number of rotatable bonds is 0. The second kappa shape index (κ2) is 2.59. The molecular weight excluding hydrogens is 172 g/mol. The highest BCUT2D eigenvalue weighted by Crippen LogP contribution is 2.37. The van der Waals surface area contributed by atoms with E-state index < -0.39 is 10.5 Å². The van der Waals surface area contributed by atoms with Gasteiger partial charge in [-0.25, -0.2) is 9.78 Å². The Morgan fingerprint density at radius 1 is 1.58 bits per heavy atom. The molecule has 4 heteroatoms. The van der Waals surface area contributed by atoms with Gasteiger partial charge >= 0.3 is 0 Å². The van der Waals surface area contributed by atoms with Gasteiger partial charge in [-0.2, -0.15) is 0 Å². The van der Waals surface area contributed by atoms with Crippen LogP contribution in [0.3, 0.4) is 0 Å². The Bertz CT molecular complexity index is 419. The Hall–Kier alpha value is -1.38. The van der Waals surface area contributed by atoms with Crippen LogP contribution >= 0.6 is 10.5 Å². The SMILES string of the molecule is NC1=CS(=C=O)c2ncccc21. The number of pyridine rings is 1. The first-order chi connectivity index (χ1) is 5.83. The summed E-state index contributed by atoms with van der Waals surface area (Å²) in [5.41, 5.74) is 7.16. The number of hydrogen-bond acceptors (Lipinski definition) is 3. The van der Waals surface area contributed by atoms with E-state index in [1.54, 1.807) is 17.7 Å². The zero-order chi connectivity index (χ0) is 8.55. The van der Waals surface area contributed by atoms with E-state index in [9.17, 15) is 4.79 Å². The Balaban J connectivity index is 2.76. The Labute approximate surface area is 71.8 Å². The second-order valence-electron chi connectivity index (χ2n) is 2.35. The van der Waals surface area contributed by atoms with Crippen LogP contribution in [-0.4, -0.2) is 10.2 Å². The molecule has 0 spiro atoms. The van der Waals surface area contributed by atoms with Gasteiger partial charge in [0.2, 0.25) is 0 Å². The first-order valence-electron chi connectivity index (χ1n) is 3.36. The fourth-order valence-corrected chi connectivity index (χ4v) is 2.31. The normalized spacial score (nSPS) is 19.7.